The van der Waals surface area contributed by atoms with Crippen molar-refractivity contribution in [3.8, 4) is 5.75 Å². The molecule has 3 rings (SSSR count). The molecule has 2 aromatic carbocycles. The van der Waals surface area contributed by atoms with Crippen LogP contribution >= 0.6 is 11.6 Å². The number of amides is 1. The van der Waals surface area contributed by atoms with E-state index in [1.54, 1.807) is 7.05 Å². The average Bonchev–Trinajstić information content (AvgIpc) is 2.56. The summed E-state index contributed by atoms with van der Waals surface area (Å²) in [5.41, 5.74) is 2.00. The van der Waals surface area contributed by atoms with Gasteiger partial charge in [0, 0.05) is 18.6 Å². The van der Waals surface area contributed by atoms with E-state index in [1.807, 2.05) is 48.5 Å². The highest BCUT2D eigenvalue weighted by Crippen LogP contribution is 2.34. The summed E-state index contributed by atoms with van der Waals surface area (Å²) in [7, 11) is 1.62. The Morgan fingerprint density at radius 1 is 1.27 bits per heavy atom. The van der Waals surface area contributed by atoms with Crippen molar-refractivity contribution in [2.24, 2.45) is 0 Å². The lowest BCUT2D eigenvalue weighted by atomic mass is 10.1. The van der Waals surface area contributed by atoms with E-state index < -0.39 is 6.10 Å². The Labute approximate surface area is 134 Å². The molecular formula is C17H17ClN2O2. The maximum Gasteiger partial charge on any atom is 0.262 e. The van der Waals surface area contributed by atoms with Crippen LogP contribution in [0.25, 0.3) is 0 Å². The van der Waals surface area contributed by atoms with Crippen LogP contribution in [0.3, 0.4) is 0 Å². The summed E-state index contributed by atoms with van der Waals surface area (Å²) >= 11 is 6.26. The lowest BCUT2D eigenvalue weighted by molar-refractivity contribution is -0.127. The minimum absolute atomic E-state index is 0.126. The first kappa shape index (κ1) is 14.7. The highest BCUT2D eigenvalue weighted by molar-refractivity contribution is 6.31. The molecule has 2 aromatic rings. The van der Waals surface area contributed by atoms with Gasteiger partial charge in [-0.05, 0) is 23.8 Å². The van der Waals surface area contributed by atoms with E-state index in [0.29, 0.717) is 13.1 Å². The number of hydrogen-bond donors (Lipinski definition) is 1. The summed E-state index contributed by atoms with van der Waals surface area (Å²) in [6.45, 7) is 1.12. The molecule has 1 amide bonds. The molecule has 0 fully saturated rings. The Morgan fingerprint density at radius 3 is 2.77 bits per heavy atom. The molecule has 0 bridgehead atoms. The molecule has 4 nitrogen and oxygen atoms in total. The van der Waals surface area contributed by atoms with E-state index in [4.69, 9.17) is 16.3 Å². The second-order valence-electron chi connectivity index (χ2n) is 5.16. The minimum atomic E-state index is -0.526. The van der Waals surface area contributed by atoms with Crippen LogP contribution < -0.4 is 15.0 Å². The summed E-state index contributed by atoms with van der Waals surface area (Å²) in [6.07, 6.45) is -0.526. The predicted octanol–water partition coefficient (Wildman–Crippen LogP) is 2.85. The van der Waals surface area contributed by atoms with Crippen LogP contribution in [-0.4, -0.2) is 25.6 Å². The van der Waals surface area contributed by atoms with Crippen LogP contribution in [0.2, 0.25) is 5.02 Å². The summed E-state index contributed by atoms with van der Waals surface area (Å²) in [4.78, 5) is 14.1. The molecule has 0 aromatic heterocycles. The molecular weight excluding hydrogens is 300 g/mol. The van der Waals surface area contributed by atoms with Crippen molar-refractivity contribution in [3.63, 3.8) is 0 Å². The molecule has 0 aliphatic carbocycles. The average molecular weight is 317 g/mol. The van der Waals surface area contributed by atoms with Crippen LogP contribution in [0.1, 0.15) is 5.56 Å². The second-order valence-corrected chi connectivity index (χ2v) is 5.57. The fraction of sp³-hybridized carbons (Fsp3) is 0.235. The van der Waals surface area contributed by atoms with Crippen molar-refractivity contribution in [2.45, 2.75) is 12.6 Å². The fourth-order valence-corrected chi connectivity index (χ4v) is 2.78. The third kappa shape index (κ3) is 2.88. The van der Waals surface area contributed by atoms with Gasteiger partial charge >= 0.3 is 0 Å². The number of carbonyl (C=O) groups is 1. The number of halogens is 1. The molecule has 1 aliphatic heterocycles. The SMILES string of the molecule is CNC(=O)[C@@H]1CN(Cc2ccccc2Cl)c2ccccc2O1. The number of hydrogen-bond acceptors (Lipinski definition) is 3. The Kier molecular flexibility index (Phi) is 4.20. The highest BCUT2D eigenvalue weighted by atomic mass is 35.5. The van der Waals surface area contributed by atoms with Crippen molar-refractivity contribution in [1.82, 2.24) is 5.32 Å². The number of fused-ring (bicyclic) bond motifs is 1. The molecule has 1 aliphatic rings. The van der Waals surface area contributed by atoms with Gasteiger partial charge in [0.05, 0.1) is 12.2 Å². The van der Waals surface area contributed by atoms with Crippen LogP contribution in [0.5, 0.6) is 5.75 Å². The first-order valence-electron chi connectivity index (χ1n) is 7.14. The van der Waals surface area contributed by atoms with Crippen molar-refractivity contribution in [2.75, 3.05) is 18.5 Å². The van der Waals surface area contributed by atoms with Gasteiger partial charge in [-0.25, -0.2) is 0 Å². The quantitative estimate of drug-likeness (QED) is 0.946. The summed E-state index contributed by atoms with van der Waals surface area (Å²) in [6, 6.07) is 15.5. The van der Waals surface area contributed by atoms with Gasteiger partial charge in [0.2, 0.25) is 0 Å². The van der Waals surface area contributed by atoms with Crippen molar-refractivity contribution >= 4 is 23.2 Å². The first-order chi connectivity index (χ1) is 10.7. The van der Waals surface area contributed by atoms with E-state index in [0.717, 1.165) is 22.0 Å². The monoisotopic (exact) mass is 316 g/mol. The first-order valence-corrected chi connectivity index (χ1v) is 7.52. The molecule has 0 spiro atoms. The molecule has 22 heavy (non-hydrogen) atoms. The Bertz CT molecular complexity index is 690. The minimum Gasteiger partial charge on any atom is -0.477 e. The van der Waals surface area contributed by atoms with Crippen molar-refractivity contribution in [1.29, 1.82) is 0 Å². The normalized spacial score (nSPS) is 16.6. The number of para-hydroxylation sites is 2. The molecule has 1 heterocycles. The van der Waals surface area contributed by atoms with E-state index in [-0.39, 0.29) is 5.91 Å². The van der Waals surface area contributed by atoms with Crippen LogP contribution in [0.4, 0.5) is 5.69 Å². The Balaban J connectivity index is 1.92. The topological polar surface area (TPSA) is 41.6 Å². The van der Waals surface area contributed by atoms with Gasteiger partial charge in [-0.15, -0.1) is 0 Å². The number of anilines is 1. The van der Waals surface area contributed by atoms with Gasteiger partial charge in [-0.1, -0.05) is 41.9 Å². The Hall–Kier alpha value is -2.20. The summed E-state index contributed by atoms with van der Waals surface area (Å²) in [5, 5.41) is 3.37. The number of nitrogens with one attached hydrogen (secondary N) is 1. The van der Waals surface area contributed by atoms with Crippen LogP contribution in [0, 0.1) is 0 Å². The fourth-order valence-electron chi connectivity index (χ4n) is 2.59. The number of likely N-dealkylation sites (N-methyl/N-ethyl adjacent to an activating group) is 1. The molecule has 0 unspecified atom stereocenters. The zero-order valence-corrected chi connectivity index (χ0v) is 13.0. The highest BCUT2D eigenvalue weighted by Gasteiger charge is 2.30. The van der Waals surface area contributed by atoms with Crippen LogP contribution in [0.15, 0.2) is 48.5 Å². The van der Waals surface area contributed by atoms with Gasteiger partial charge in [0.25, 0.3) is 5.91 Å². The van der Waals surface area contributed by atoms with Gasteiger partial charge in [0.1, 0.15) is 5.75 Å². The lowest BCUT2D eigenvalue weighted by Crippen LogP contribution is -2.47. The van der Waals surface area contributed by atoms with E-state index >= 15 is 0 Å². The smallest absolute Gasteiger partial charge is 0.262 e. The predicted molar refractivity (Wildman–Crippen MR) is 87.4 cm³/mol. The van der Waals surface area contributed by atoms with Gasteiger partial charge < -0.3 is 15.0 Å². The third-order valence-corrected chi connectivity index (χ3v) is 4.09. The third-order valence-electron chi connectivity index (χ3n) is 3.72. The standard InChI is InChI=1S/C17H17ClN2O2/c1-19-17(21)16-11-20(10-12-6-2-3-7-13(12)18)14-8-4-5-9-15(14)22-16/h2-9,16H,10-11H2,1H3,(H,19,21)/t16-/m0/s1. The lowest BCUT2D eigenvalue weighted by Gasteiger charge is -2.35. The Morgan fingerprint density at radius 2 is 2.00 bits per heavy atom. The maximum absolute atomic E-state index is 12.0. The number of benzene rings is 2. The number of rotatable bonds is 3. The van der Waals surface area contributed by atoms with Gasteiger partial charge in [-0.2, -0.15) is 0 Å². The number of nitrogens with zero attached hydrogens (tertiary/aromatic N) is 1. The molecule has 0 radical (unpaired) electrons. The van der Waals surface area contributed by atoms with Crippen molar-refractivity contribution < 1.29 is 9.53 Å². The molecule has 0 saturated heterocycles. The summed E-state index contributed by atoms with van der Waals surface area (Å²) < 4.78 is 5.80. The largest absolute Gasteiger partial charge is 0.477 e. The molecule has 1 atom stereocenters. The zero-order chi connectivity index (χ0) is 15.5. The molecule has 0 saturated carbocycles. The second kappa shape index (κ2) is 6.28. The summed E-state index contributed by atoms with van der Waals surface area (Å²) in [5.74, 6) is 0.591. The number of carbonyl (C=O) groups excluding carboxylic acids is 1. The molecule has 5 heteroatoms. The van der Waals surface area contributed by atoms with Gasteiger partial charge in [0.15, 0.2) is 6.10 Å². The molecule has 114 valence electrons. The van der Waals surface area contributed by atoms with E-state index in [2.05, 4.69) is 10.2 Å². The van der Waals surface area contributed by atoms with E-state index in [9.17, 15) is 4.79 Å². The van der Waals surface area contributed by atoms with E-state index in [1.165, 1.54) is 0 Å². The number of ether oxygens (including phenoxy) is 1. The van der Waals surface area contributed by atoms with Crippen LogP contribution in [-0.2, 0) is 11.3 Å². The molecule has 1 N–H and O–H groups in total. The zero-order valence-electron chi connectivity index (χ0n) is 12.3. The maximum atomic E-state index is 12.0. The van der Waals surface area contributed by atoms with Gasteiger partial charge in [-0.3, -0.25) is 4.79 Å². The van der Waals surface area contributed by atoms with Crippen molar-refractivity contribution in [3.05, 3.63) is 59.1 Å².